The fraction of sp³-hybridized carbons (Fsp3) is 0.591. The van der Waals surface area contributed by atoms with Crippen molar-refractivity contribution in [1.29, 1.82) is 5.41 Å². The molecule has 0 radical (unpaired) electrons. The highest BCUT2D eigenvalue weighted by Gasteiger charge is 2.26. The fourth-order valence-corrected chi connectivity index (χ4v) is 3.80. The van der Waals surface area contributed by atoms with E-state index in [2.05, 4.69) is 36.3 Å². The topological polar surface area (TPSA) is 57.6 Å². The molecule has 0 amide bonds. The maximum Gasteiger partial charge on any atom is 0.132 e. The van der Waals surface area contributed by atoms with Gasteiger partial charge in [-0.1, -0.05) is 0 Å². The predicted octanol–water partition coefficient (Wildman–Crippen LogP) is 3.62. The summed E-state index contributed by atoms with van der Waals surface area (Å²) < 4.78 is 11.7. The van der Waals surface area contributed by atoms with Crippen LogP contribution in [-0.2, 0) is 11.2 Å². The predicted molar refractivity (Wildman–Crippen MR) is 110 cm³/mol. The van der Waals surface area contributed by atoms with E-state index < -0.39 is 0 Å². The Bertz CT molecular complexity index is 723. The summed E-state index contributed by atoms with van der Waals surface area (Å²) in [4.78, 5) is 2.35. The van der Waals surface area contributed by atoms with Crippen molar-refractivity contribution in [2.75, 3.05) is 31.8 Å². The molecule has 1 unspecified atom stereocenters. The van der Waals surface area contributed by atoms with Crippen LogP contribution in [0.1, 0.15) is 43.7 Å². The largest absolute Gasteiger partial charge is 0.493 e. The molecule has 1 atom stereocenters. The number of anilines is 1. The Labute approximate surface area is 162 Å². The van der Waals surface area contributed by atoms with Crippen LogP contribution >= 0.6 is 0 Å². The van der Waals surface area contributed by atoms with Crippen molar-refractivity contribution >= 4 is 17.5 Å². The lowest BCUT2D eigenvalue weighted by molar-refractivity contribution is -0.0401. The van der Waals surface area contributed by atoms with Gasteiger partial charge in [-0.25, -0.2) is 0 Å². The highest BCUT2D eigenvalue weighted by molar-refractivity contribution is 6.09. The van der Waals surface area contributed by atoms with Crippen LogP contribution in [0.25, 0.3) is 5.57 Å². The van der Waals surface area contributed by atoms with Gasteiger partial charge in [0.2, 0.25) is 0 Å². The lowest BCUT2D eigenvalue weighted by Crippen LogP contribution is -2.34. The molecule has 1 aromatic rings. The van der Waals surface area contributed by atoms with Crippen LogP contribution in [0.4, 0.5) is 5.69 Å². The maximum absolute atomic E-state index is 7.94. The number of fused-ring (bicyclic) bond motifs is 1. The van der Waals surface area contributed by atoms with Crippen molar-refractivity contribution in [2.45, 2.75) is 51.1 Å². The lowest BCUT2D eigenvalue weighted by atomic mass is 9.92. The molecule has 2 aliphatic heterocycles. The van der Waals surface area contributed by atoms with Gasteiger partial charge in [-0.3, -0.25) is 0 Å². The molecule has 1 aromatic carbocycles. The normalized spacial score (nSPS) is 22.8. The Hall–Kier alpha value is -2.01. The zero-order chi connectivity index (χ0) is 18.8. The van der Waals surface area contributed by atoms with E-state index in [-0.39, 0.29) is 0 Å². The molecule has 1 saturated heterocycles. The molecule has 3 aliphatic rings. The van der Waals surface area contributed by atoms with Gasteiger partial charge < -0.3 is 25.1 Å². The van der Waals surface area contributed by atoms with Crippen LogP contribution in [0, 0.1) is 11.3 Å². The number of rotatable bonds is 8. The SMILES string of the molecule is CC1CCc2c(ccc(/C(C=N)=C/NC3CC3)c2OCCC2COC2)N1C. The van der Waals surface area contributed by atoms with E-state index in [1.54, 1.807) is 0 Å². The Balaban J connectivity index is 1.63. The van der Waals surface area contributed by atoms with Gasteiger partial charge in [0, 0.05) is 59.9 Å². The van der Waals surface area contributed by atoms with Crippen molar-refractivity contribution in [3.63, 3.8) is 0 Å². The molecular weight excluding hydrogens is 338 g/mol. The first-order valence-electron chi connectivity index (χ1n) is 10.2. The van der Waals surface area contributed by atoms with Crippen LogP contribution in [0.3, 0.4) is 0 Å². The number of benzene rings is 1. The van der Waals surface area contributed by atoms with E-state index in [1.807, 2.05) is 6.20 Å². The second-order valence-electron chi connectivity index (χ2n) is 8.16. The zero-order valence-corrected chi connectivity index (χ0v) is 16.5. The van der Waals surface area contributed by atoms with E-state index in [4.69, 9.17) is 14.9 Å². The van der Waals surface area contributed by atoms with E-state index in [1.165, 1.54) is 30.3 Å². The van der Waals surface area contributed by atoms with Gasteiger partial charge in [-0.15, -0.1) is 0 Å². The van der Waals surface area contributed by atoms with Crippen LogP contribution < -0.4 is 15.0 Å². The van der Waals surface area contributed by atoms with Gasteiger partial charge in [-0.05, 0) is 51.2 Å². The van der Waals surface area contributed by atoms with Gasteiger partial charge in [0.15, 0.2) is 0 Å². The van der Waals surface area contributed by atoms with E-state index in [9.17, 15) is 0 Å². The molecule has 5 nitrogen and oxygen atoms in total. The average molecular weight is 370 g/mol. The molecular formula is C22H31N3O2. The summed E-state index contributed by atoms with van der Waals surface area (Å²) in [6.07, 6.45) is 9.07. The van der Waals surface area contributed by atoms with Crippen molar-refractivity contribution in [2.24, 2.45) is 5.92 Å². The highest BCUT2D eigenvalue weighted by Crippen LogP contribution is 2.40. The molecule has 146 valence electrons. The molecule has 2 fully saturated rings. The van der Waals surface area contributed by atoms with Crippen molar-refractivity contribution < 1.29 is 9.47 Å². The number of allylic oxidation sites excluding steroid dienone is 1. The Morgan fingerprint density at radius 1 is 1.33 bits per heavy atom. The summed E-state index contributed by atoms with van der Waals surface area (Å²) in [5.74, 6) is 1.60. The lowest BCUT2D eigenvalue weighted by Gasteiger charge is -2.35. The first-order chi connectivity index (χ1) is 13.2. The third-order valence-corrected chi connectivity index (χ3v) is 6.09. The van der Waals surface area contributed by atoms with Gasteiger partial charge in [0.25, 0.3) is 0 Å². The smallest absolute Gasteiger partial charge is 0.132 e. The van der Waals surface area contributed by atoms with Gasteiger partial charge in [-0.2, -0.15) is 0 Å². The first-order valence-corrected chi connectivity index (χ1v) is 10.2. The second-order valence-corrected chi connectivity index (χ2v) is 8.16. The number of hydrogen-bond acceptors (Lipinski definition) is 5. The number of nitrogens with one attached hydrogen (secondary N) is 2. The Morgan fingerprint density at radius 3 is 2.81 bits per heavy atom. The monoisotopic (exact) mass is 369 g/mol. The molecule has 2 N–H and O–H groups in total. The van der Waals surface area contributed by atoms with E-state index in [0.29, 0.717) is 24.6 Å². The van der Waals surface area contributed by atoms with Gasteiger partial charge in [0.1, 0.15) is 5.75 Å². The van der Waals surface area contributed by atoms with Crippen LogP contribution in [-0.4, -0.2) is 45.2 Å². The van der Waals surface area contributed by atoms with Crippen molar-refractivity contribution in [1.82, 2.24) is 5.32 Å². The minimum atomic E-state index is 0.539. The van der Waals surface area contributed by atoms with Crippen molar-refractivity contribution in [3.05, 3.63) is 29.5 Å². The molecule has 1 aliphatic carbocycles. The third-order valence-electron chi connectivity index (χ3n) is 6.09. The molecule has 0 bridgehead atoms. The van der Waals surface area contributed by atoms with Gasteiger partial charge in [0.05, 0.1) is 19.8 Å². The molecule has 0 spiro atoms. The van der Waals surface area contributed by atoms with Crippen molar-refractivity contribution in [3.8, 4) is 5.75 Å². The minimum absolute atomic E-state index is 0.539. The number of hydrogen-bond donors (Lipinski definition) is 2. The van der Waals surface area contributed by atoms with Crippen LogP contribution in [0.5, 0.6) is 5.75 Å². The van der Waals surface area contributed by atoms with E-state index in [0.717, 1.165) is 49.4 Å². The second kappa shape index (κ2) is 7.93. The number of nitrogens with zero attached hydrogens (tertiary/aromatic N) is 1. The third kappa shape index (κ3) is 3.98. The molecule has 0 aromatic heterocycles. The Morgan fingerprint density at radius 2 is 2.15 bits per heavy atom. The summed E-state index contributed by atoms with van der Waals surface area (Å²) in [7, 11) is 2.17. The summed E-state index contributed by atoms with van der Waals surface area (Å²) in [6.45, 7) is 4.70. The van der Waals surface area contributed by atoms with Crippen LogP contribution in [0.2, 0.25) is 0 Å². The summed E-state index contributed by atoms with van der Waals surface area (Å²) in [5, 5.41) is 11.4. The molecule has 2 heterocycles. The van der Waals surface area contributed by atoms with Gasteiger partial charge >= 0.3 is 0 Å². The summed E-state index contributed by atoms with van der Waals surface area (Å²) in [5.41, 5.74) is 4.48. The fourth-order valence-electron chi connectivity index (χ4n) is 3.80. The van der Waals surface area contributed by atoms with Crippen LogP contribution in [0.15, 0.2) is 18.3 Å². The summed E-state index contributed by atoms with van der Waals surface area (Å²) >= 11 is 0. The average Bonchev–Trinajstić information content (AvgIpc) is 3.46. The standard InChI is InChI=1S/C22H31N3O2/c1-15-3-6-20-21(25(15)2)8-7-19(17(11-23)12-24-18-4-5-18)22(20)27-10-9-16-13-26-14-16/h7-8,11-12,15-16,18,23-24H,3-6,9-10,13-14H2,1-2H3/b17-12+,23-11?. The highest BCUT2D eigenvalue weighted by atomic mass is 16.5. The molecule has 4 rings (SSSR count). The molecule has 5 heteroatoms. The molecule has 1 saturated carbocycles. The first kappa shape index (κ1) is 18.4. The zero-order valence-electron chi connectivity index (χ0n) is 16.5. The quantitative estimate of drug-likeness (QED) is 0.687. The number of ether oxygens (including phenoxy) is 2. The maximum atomic E-state index is 7.94. The minimum Gasteiger partial charge on any atom is -0.493 e. The summed E-state index contributed by atoms with van der Waals surface area (Å²) in [6, 6.07) is 5.44. The molecule has 27 heavy (non-hydrogen) atoms. The Kier molecular flexibility index (Phi) is 5.39. The van der Waals surface area contributed by atoms with E-state index >= 15 is 0 Å².